The lowest BCUT2D eigenvalue weighted by molar-refractivity contribution is -0.115. The fourth-order valence-corrected chi connectivity index (χ4v) is 14.4. The summed E-state index contributed by atoms with van der Waals surface area (Å²) in [6, 6.07) is 0. The minimum Gasteiger partial charge on any atom is -0.302 e. The van der Waals surface area contributed by atoms with E-state index < -0.39 is 112 Å². The van der Waals surface area contributed by atoms with E-state index in [1.54, 1.807) is 0 Å². The maximum Gasteiger partial charge on any atom is 0.366 e. The van der Waals surface area contributed by atoms with Gasteiger partial charge in [0.05, 0.1) is 48.8 Å². The van der Waals surface area contributed by atoms with E-state index in [1.807, 2.05) is 0 Å². The Labute approximate surface area is 286 Å². The third kappa shape index (κ3) is 11.7. The molecule has 48 heavy (non-hydrogen) atoms. The quantitative estimate of drug-likeness (QED) is 0.0845. The molecule has 0 heterocycles. The fraction of sp³-hybridized carbons (Fsp3) is 0.800. The van der Waals surface area contributed by atoms with E-state index >= 15 is 9.59 Å². The van der Waals surface area contributed by atoms with Crippen molar-refractivity contribution in [1.82, 2.24) is 0 Å². The summed E-state index contributed by atoms with van der Waals surface area (Å²) < 4.78 is 106. The Kier molecular flexibility index (Phi) is 16.8. The molecule has 0 saturated heterocycles. The van der Waals surface area contributed by atoms with Crippen LogP contribution in [-0.2, 0) is 64.0 Å². The molecular formula is C30H56O14P4. The van der Waals surface area contributed by atoms with Crippen molar-refractivity contribution in [2.75, 3.05) is 0 Å². The van der Waals surface area contributed by atoms with Crippen LogP contribution in [0, 0.1) is 0 Å². The normalized spacial score (nSPS) is 16.2. The van der Waals surface area contributed by atoms with Gasteiger partial charge >= 0.3 is 30.4 Å². The van der Waals surface area contributed by atoms with Crippen molar-refractivity contribution in [1.29, 1.82) is 0 Å². The predicted octanol–water partition coefficient (Wildman–Crippen LogP) is 9.73. The molecule has 0 N–H and O–H groups in total. The zero-order valence-electron chi connectivity index (χ0n) is 31.1. The molecule has 0 fully saturated rings. The Hall–Kier alpha value is -0.580. The SMILES string of the molecule is CC(C)OP(=O)(OC(C)C)C1=C(P(=O)(OC(C)C)OC(C)C)C(=O)C(P(=O)(OC(C)C)OC(C)C)=C(P(=O)(OC(C)C)OC(C)C)C1=O. The highest BCUT2D eigenvalue weighted by atomic mass is 31.2. The molecule has 280 valence electrons. The molecular weight excluding hydrogens is 708 g/mol. The maximum absolute atomic E-state index is 15.2. The van der Waals surface area contributed by atoms with Gasteiger partial charge in [-0.15, -0.1) is 0 Å². The molecule has 0 bridgehead atoms. The van der Waals surface area contributed by atoms with Crippen LogP contribution in [0.2, 0.25) is 0 Å². The largest absolute Gasteiger partial charge is 0.366 e. The number of Topliss-reactive ketones (excluding diaryl/α,β-unsaturated/α-hetero) is 2. The molecule has 1 aliphatic carbocycles. The van der Waals surface area contributed by atoms with Crippen molar-refractivity contribution in [2.45, 2.75) is 160 Å². The minimum absolute atomic E-state index is 0.887. The first-order chi connectivity index (χ1) is 21.6. The van der Waals surface area contributed by atoms with Crippen LogP contribution in [-0.4, -0.2) is 60.4 Å². The molecule has 0 aromatic rings. The van der Waals surface area contributed by atoms with Crippen molar-refractivity contribution in [3.8, 4) is 0 Å². The van der Waals surface area contributed by atoms with Gasteiger partial charge in [0.15, 0.2) is 0 Å². The van der Waals surface area contributed by atoms with Crippen LogP contribution in [0.25, 0.3) is 0 Å². The van der Waals surface area contributed by atoms with Crippen molar-refractivity contribution in [2.24, 2.45) is 0 Å². The summed E-state index contributed by atoms with van der Waals surface area (Å²) in [6.07, 6.45) is -7.10. The lowest BCUT2D eigenvalue weighted by Gasteiger charge is -2.36. The van der Waals surface area contributed by atoms with Crippen LogP contribution in [0.15, 0.2) is 21.3 Å². The Morgan fingerprint density at radius 1 is 0.292 bits per heavy atom. The highest BCUT2D eigenvalue weighted by Crippen LogP contribution is 2.76. The molecule has 14 nitrogen and oxygen atoms in total. The van der Waals surface area contributed by atoms with E-state index in [-0.39, 0.29) is 0 Å². The second-order valence-electron chi connectivity index (χ2n) is 13.3. The smallest absolute Gasteiger partial charge is 0.302 e. The van der Waals surface area contributed by atoms with Gasteiger partial charge < -0.3 is 36.2 Å². The van der Waals surface area contributed by atoms with Gasteiger partial charge in [0.25, 0.3) is 0 Å². The van der Waals surface area contributed by atoms with E-state index in [0.29, 0.717) is 0 Å². The molecule has 0 aromatic carbocycles. The van der Waals surface area contributed by atoms with Gasteiger partial charge in [-0.25, -0.2) is 0 Å². The number of ketones is 2. The maximum atomic E-state index is 15.2. The van der Waals surface area contributed by atoms with Crippen molar-refractivity contribution >= 4 is 41.9 Å². The third-order valence-electron chi connectivity index (χ3n) is 5.20. The molecule has 0 saturated carbocycles. The van der Waals surface area contributed by atoms with E-state index in [0.717, 1.165) is 0 Å². The monoisotopic (exact) mass is 764 g/mol. The second-order valence-corrected chi connectivity index (χ2v) is 20.7. The van der Waals surface area contributed by atoms with Gasteiger partial charge in [-0.3, -0.25) is 27.8 Å². The molecule has 1 rings (SSSR count). The van der Waals surface area contributed by atoms with Crippen LogP contribution < -0.4 is 0 Å². The summed E-state index contributed by atoms with van der Waals surface area (Å²) in [5, 5.41) is -4.28. The molecule has 0 amide bonds. The summed E-state index contributed by atoms with van der Waals surface area (Å²) in [5.74, 6) is -2.93. The van der Waals surface area contributed by atoms with Gasteiger partial charge in [0, 0.05) is 0 Å². The van der Waals surface area contributed by atoms with Gasteiger partial charge in [-0.05, 0) is 111 Å². The Bertz CT molecular complexity index is 1160. The van der Waals surface area contributed by atoms with E-state index in [1.165, 1.54) is 111 Å². The number of carbonyl (C=O) groups excluding carboxylic acids is 2. The molecule has 0 atom stereocenters. The van der Waals surface area contributed by atoms with Gasteiger partial charge in [0.2, 0.25) is 11.6 Å². The first-order valence-electron chi connectivity index (χ1n) is 16.1. The van der Waals surface area contributed by atoms with E-state index in [9.17, 15) is 18.3 Å². The molecule has 0 aliphatic heterocycles. The van der Waals surface area contributed by atoms with Crippen molar-refractivity contribution < 1.29 is 64.0 Å². The van der Waals surface area contributed by atoms with Crippen LogP contribution >= 0.6 is 30.4 Å². The lowest BCUT2D eigenvalue weighted by Crippen LogP contribution is -2.30. The van der Waals surface area contributed by atoms with E-state index in [2.05, 4.69) is 0 Å². The summed E-state index contributed by atoms with van der Waals surface area (Å²) in [5.41, 5.74) is 0. The second kappa shape index (κ2) is 17.8. The van der Waals surface area contributed by atoms with Crippen LogP contribution in [0.4, 0.5) is 0 Å². The zero-order valence-corrected chi connectivity index (χ0v) is 34.7. The Morgan fingerprint density at radius 3 is 0.479 bits per heavy atom. The predicted molar refractivity (Wildman–Crippen MR) is 184 cm³/mol. The average Bonchev–Trinajstić information content (AvgIpc) is 2.79. The standard InChI is InChI=1S/C30H56O14P4/c1-17(2)37-45(33,38-18(3)4)27-25(31)29(47(35,41-21(9)10)42-22(11)12)30(48(36,43-23(13)14)44-24(15)16)26(32)28(27)46(34,39-19(5)6)40-20(7)8/h17-24H,1-16H3. The molecule has 0 radical (unpaired) electrons. The van der Waals surface area contributed by atoms with Gasteiger partial charge in [-0.2, -0.15) is 0 Å². The van der Waals surface area contributed by atoms with Gasteiger partial charge in [-0.1, -0.05) is 0 Å². The topological polar surface area (TPSA) is 176 Å². The molecule has 0 aromatic heterocycles. The van der Waals surface area contributed by atoms with Crippen LogP contribution in [0.5, 0.6) is 0 Å². The Balaban J connectivity index is 4.88. The first kappa shape index (κ1) is 45.4. The van der Waals surface area contributed by atoms with Crippen molar-refractivity contribution in [3.63, 3.8) is 0 Å². The summed E-state index contributed by atoms with van der Waals surface area (Å²) in [6.45, 7) is 24.0. The molecule has 0 spiro atoms. The number of hydrogen-bond acceptors (Lipinski definition) is 14. The van der Waals surface area contributed by atoms with Gasteiger partial charge in [0.1, 0.15) is 21.3 Å². The fourth-order valence-electron chi connectivity index (χ4n) is 4.41. The highest BCUT2D eigenvalue weighted by Gasteiger charge is 2.61. The van der Waals surface area contributed by atoms with Crippen LogP contribution in [0.1, 0.15) is 111 Å². The number of hydrogen-bond donors (Lipinski definition) is 0. The lowest BCUT2D eigenvalue weighted by atomic mass is 10.1. The van der Waals surface area contributed by atoms with Crippen LogP contribution in [0.3, 0.4) is 0 Å². The highest BCUT2D eigenvalue weighted by molar-refractivity contribution is 7.69. The van der Waals surface area contributed by atoms with E-state index in [4.69, 9.17) is 36.2 Å². The molecule has 18 heteroatoms. The first-order valence-corrected chi connectivity index (χ1v) is 22.3. The number of rotatable bonds is 20. The zero-order chi connectivity index (χ0) is 37.7. The Morgan fingerprint density at radius 2 is 0.396 bits per heavy atom. The number of carbonyl (C=O) groups is 2. The molecule has 0 unspecified atom stereocenters. The average molecular weight is 765 g/mol. The summed E-state index contributed by atoms with van der Waals surface area (Å²) >= 11 is 0. The number of allylic oxidation sites excluding steroid dienone is 4. The minimum atomic E-state index is -5.01. The third-order valence-corrected chi connectivity index (χ3v) is 15.0. The summed E-state index contributed by atoms with van der Waals surface area (Å²) in [7, 11) is -20.0. The van der Waals surface area contributed by atoms with Crippen molar-refractivity contribution in [3.05, 3.63) is 21.3 Å². The molecule has 1 aliphatic rings. The summed E-state index contributed by atoms with van der Waals surface area (Å²) in [4.78, 5) is 30.3.